The van der Waals surface area contributed by atoms with Crippen LogP contribution < -0.4 is 14.4 Å². The molecule has 14 heteroatoms. The van der Waals surface area contributed by atoms with Gasteiger partial charge in [0.05, 0.1) is 16.8 Å². The minimum Gasteiger partial charge on any atom is -0.483 e. The van der Waals surface area contributed by atoms with Gasteiger partial charge in [-0.25, -0.2) is 18.5 Å². The quantitative estimate of drug-likeness (QED) is 0.601. The van der Waals surface area contributed by atoms with Crippen molar-refractivity contribution in [3.8, 4) is 11.5 Å². The van der Waals surface area contributed by atoms with Crippen LogP contribution >= 0.6 is 11.6 Å². The number of amides is 1. The number of nitrogens with zero attached hydrogens (tertiary/aromatic N) is 3. The summed E-state index contributed by atoms with van der Waals surface area (Å²) in [5.41, 5.74) is -0.797. The molecule has 0 fully saturated rings. The van der Waals surface area contributed by atoms with Crippen LogP contribution in [0.25, 0.3) is 0 Å². The SMILES string of the molecule is CN(C)c1ncc(Oc2cc(F)c(C(=O)NS(=O)(=O)N(C)C)cc2F)cc1Cl.O=CO. The minimum absolute atomic E-state index is 0.0429. The molecule has 0 saturated heterocycles. The van der Waals surface area contributed by atoms with E-state index in [-0.39, 0.29) is 17.2 Å². The van der Waals surface area contributed by atoms with Gasteiger partial charge in [-0.2, -0.15) is 12.7 Å². The van der Waals surface area contributed by atoms with Crippen molar-refractivity contribution < 1.29 is 36.6 Å². The molecule has 2 N–H and O–H groups in total. The monoisotopic (exact) mass is 480 g/mol. The number of pyridine rings is 1. The summed E-state index contributed by atoms with van der Waals surface area (Å²) in [5.74, 6) is -3.61. The number of aromatic nitrogens is 1. The Hall–Kier alpha value is -3.03. The summed E-state index contributed by atoms with van der Waals surface area (Å²) in [7, 11) is 1.63. The summed E-state index contributed by atoms with van der Waals surface area (Å²) < 4.78 is 59.4. The molecule has 1 amide bonds. The average Bonchev–Trinajstić information content (AvgIpc) is 2.64. The molecule has 0 radical (unpaired) electrons. The normalized spacial score (nSPS) is 10.7. The van der Waals surface area contributed by atoms with Gasteiger partial charge in [-0.1, -0.05) is 11.6 Å². The Kier molecular flexibility index (Phi) is 9.09. The first-order valence-corrected chi connectivity index (χ1v) is 9.98. The predicted molar refractivity (Wildman–Crippen MR) is 109 cm³/mol. The van der Waals surface area contributed by atoms with Crippen LogP contribution in [0, 0.1) is 11.6 Å². The van der Waals surface area contributed by atoms with E-state index >= 15 is 0 Å². The van der Waals surface area contributed by atoms with E-state index in [9.17, 15) is 22.0 Å². The molecule has 170 valence electrons. The van der Waals surface area contributed by atoms with Crippen molar-refractivity contribution in [1.29, 1.82) is 0 Å². The van der Waals surface area contributed by atoms with Gasteiger partial charge in [0, 0.05) is 40.3 Å². The van der Waals surface area contributed by atoms with Crippen molar-refractivity contribution >= 4 is 40.0 Å². The lowest BCUT2D eigenvalue weighted by Crippen LogP contribution is -2.39. The number of nitrogens with one attached hydrogen (secondary N) is 1. The second kappa shape index (κ2) is 10.8. The largest absolute Gasteiger partial charge is 0.483 e. The van der Waals surface area contributed by atoms with Gasteiger partial charge < -0.3 is 14.7 Å². The summed E-state index contributed by atoms with van der Waals surface area (Å²) in [6.07, 6.45) is 1.27. The highest BCUT2D eigenvalue weighted by atomic mass is 35.5. The highest BCUT2D eigenvalue weighted by molar-refractivity contribution is 7.87. The predicted octanol–water partition coefficient (Wildman–Crippen LogP) is 2.11. The van der Waals surface area contributed by atoms with Crippen LogP contribution in [-0.4, -0.2) is 63.4 Å². The smallest absolute Gasteiger partial charge is 0.303 e. The maximum atomic E-state index is 14.3. The molecule has 0 atom stereocenters. The van der Waals surface area contributed by atoms with E-state index in [4.69, 9.17) is 26.2 Å². The summed E-state index contributed by atoms with van der Waals surface area (Å²) in [6.45, 7) is -0.250. The summed E-state index contributed by atoms with van der Waals surface area (Å²) in [5, 5.41) is 7.12. The fraction of sp³-hybridized carbons (Fsp3) is 0.235. The van der Waals surface area contributed by atoms with Crippen LogP contribution in [0.1, 0.15) is 10.4 Å². The van der Waals surface area contributed by atoms with Gasteiger partial charge in [0.15, 0.2) is 11.6 Å². The standard InChI is InChI=1S/C16H17ClF2N4O4S.CH2O2/c1-22(2)15-11(17)5-9(8-20-15)27-14-7-12(18)10(6-13(14)19)16(24)21-28(25,26)23(3)4;2-1-3/h5-8H,1-4H3,(H,21,24);1H,(H,2,3). The molecule has 0 saturated carbocycles. The first-order valence-electron chi connectivity index (χ1n) is 8.16. The molecule has 2 aromatic rings. The van der Waals surface area contributed by atoms with E-state index in [1.807, 2.05) is 0 Å². The van der Waals surface area contributed by atoms with Crippen LogP contribution in [0.4, 0.5) is 14.6 Å². The van der Waals surface area contributed by atoms with Crippen molar-refractivity contribution in [2.45, 2.75) is 0 Å². The van der Waals surface area contributed by atoms with Crippen LogP contribution in [0.3, 0.4) is 0 Å². The molecule has 31 heavy (non-hydrogen) atoms. The Bertz CT molecular complexity index is 1070. The van der Waals surface area contributed by atoms with Crippen molar-refractivity contribution in [3.63, 3.8) is 0 Å². The Morgan fingerprint density at radius 3 is 2.26 bits per heavy atom. The highest BCUT2D eigenvalue weighted by Gasteiger charge is 2.23. The number of hydrogen-bond donors (Lipinski definition) is 2. The summed E-state index contributed by atoms with van der Waals surface area (Å²) >= 11 is 6.05. The third-order valence-electron chi connectivity index (χ3n) is 3.42. The number of hydrogen-bond acceptors (Lipinski definition) is 7. The molecule has 0 aliphatic rings. The number of halogens is 3. The lowest BCUT2D eigenvalue weighted by Gasteiger charge is -2.15. The molecule has 0 aliphatic carbocycles. The lowest BCUT2D eigenvalue weighted by molar-refractivity contribution is -0.122. The zero-order valence-electron chi connectivity index (χ0n) is 16.8. The number of carbonyl (C=O) groups excluding carboxylic acids is 1. The first-order chi connectivity index (χ1) is 14.3. The molecule has 0 bridgehead atoms. The van der Waals surface area contributed by atoms with Crippen molar-refractivity contribution in [1.82, 2.24) is 14.0 Å². The first kappa shape index (κ1) is 26.0. The molecule has 0 aliphatic heterocycles. The molecule has 0 spiro atoms. The van der Waals surface area contributed by atoms with Crippen molar-refractivity contribution in [3.05, 3.63) is 46.6 Å². The van der Waals surface area contributed by atoms with Crippen molar-refractivity contribution in [2.24, 2.45) is 0 Å². The zero-order chi connectivity index (χ0) is 23.9. The number of carboxylic acid groups (broad SMARTS) is 1. The molecule has 1 aromatic carbocycles. The molecule has 0 unspecified atom stereocenters. The van der Waals surface area contributed by atoms with Gasteiger partial charge in [0.1, 0.15) is 17.4 Å². The zero-order valence-corrected chi connectivity index (χ0v) is 18.3. The summed E-state index contributed by atoms with van der Waals surface area (Å²) in [6, 6.07) is 2.53. The number of ether oxygens (including phenoxy) is 1. The number of anilines is 1. The van der Waals surface area contributed by atoms with E-state index in [1.165, 1.54) is 26.4 Å². The van der Waals surface area contributed by atoms with Crippen LogP contribution in [0.15, 0.2) is 24.4 Å². The molecule has 2 rings (SSSR count). The van der Waals surface area contributed by atoms with Crippen LogP contribution in [-0.2, 0) is 15.0 Å². The third-order valence-corrected chi connectivity index (χ3v) is 5.10. The van der Waals surface area contributed by atoms with Gasteiger partial charge in [-0.3, -0.25) is 9.59 Å². The number of benzene rings is 1. The molecule has 1 aromatic heterocycles. The Morgan fingerprint density at radius 1 is 1.19 bits per heavy atom. The fourth-order valence-electron chi connectivity index (χ4n) is 1.97. The number of rotatable bonds is 6. The van der Waals surface area contributed by atoms with Gasteiger partial charge in [0.25, 0.3) is 12.4 Å². The van der Waals surface area contributed by atoms with Crippen LogP contribution in [0.5, 0.6) is 11.5 Å². The molecule has 10 nitrogen and oxygen atoms in total. The lowest BCUT2D eigenvalue weighted by atomic mass is 10.2. The number of carbonyl (C=O) groups is 2. The maximum absolute atomic E-state index is 14.3. The molecular formula is C17H19ClF2N4O6S. The Balaban J connectivity index is 0.00000151. The second-order valence-electron chi connectivity index (χ2n) is 6.06. The van der Waals surface area contributed by atoms with E-state index < -0.39 is 39.1 Å². The third kappa shape index (κ3) is 7.01. The van der Waals surface area contributed by atoms with Gasteiger partial charge in [0.2, 0.25) is 0 Å². The topological polar surface area (TPSA) is 129 Å². The molecule has 1 heterocycles. The van der Waals surface area contributed by atoms with E-state index in [0.717, 1.165) is 0 Å². The maximum Gasteiger partial charge on any atom is 0.303 e. The van der Waals surface area contributed by atoms with E-state index in [1.54, 1.807) is 23.7 Å². The van der Waals surface area contributed by atoms with E-state index in [2.05, 4.69) is 4.98 Å². The van der Waals surface area contributed by atoms with Crippen molar-refractivity contribution in [2.75, 3.05) is 33.1 Å². The van der Waals surface area contributed by atoms with E-state index in [0.29, 0.717) is 22.3 Å². The Morgan fingerprint density at radius 2 is 1.77 bits per heavy atom. The highest BCUT2D eigenvalue weighted by Crippen LogP contribution is 2.31. The average molecular weight is 481 g/mol. The Labute approximate surface area is 182 Å². The second-order valence-corrected chi connectivity index (χ2v) is 8.35. The summed E-state index contributed by atoms with van der Waals surface area (Å²) in [4.78, 5) is 26.0. The van der Waals surface area contributed by atoms with Gasteiger partial charge >= 0.3 is 10.2 Å². The molecular weight excluding hydrogens is 462 g/mol. The van der Waals surface area contributed by atoms with Crippen LogP contribution in [0.2, 0.25) is 5.02 Å². The minimum atomic E-state index is -4.16. The fourth-order valence-corrected chi connectivity index (χ4v) is 2.82. The van der Waals surface area contributed by atoms with Gasteiger partial charge in [-0.05, 0) is 6.07 Å². The van der Waals surface area contributed by atoms with Gasteiger partial charge in [-0.15, -0.1) is 0 Å².